The van der Waals surface area contributed by atoms with E-state index < -0.39 is 11.1 Å². The summed E-state index contributed by atoms with van der Waals surface area (Å²) in [6, 6.07) is 5.69. The normalized spacial score (nSPS) is 9.86. The number of carbonyl (C=O) groups excluding carboxylic acids is 2. The highest BCUT2D eigenvalue weighted by Crippen LogP contribution is 2.06. The highest BCUT2D eigenvalue weighted by Gasteiger charge is 2.08. The Balaban J connectivity index is 2.60. The Hall–Kier alpha value is -1.22. The van der Waals surface area contributed by atoms with Crippen LogP contribution in [0.25, 0.3) is 0 Å². The lowest BCUT2D eigenvalue weighted by Gasteiger charge is -1.98. The Morgan fingerprint density at radius 3 is 2.64 bits per heavy atom. The highest BCUT2D eigenvalue weighted by atomic mass is 35.5. The second-order valence-corrected chi connectivity index (χ2v) is 3.30. The number of rotatable bonds is 4. The Bertz CT molecular complexity index is 363. The molecule has 4 heteroatoms. The Kier molecular flexibility index (Phi) is 3.77. The highest BCUT2D eigenvalue weighted by molar-refractivity contribution is 6.64. The molecule has 0 unspecified atom stereocenters. The van der Waals surface area contributed by atoms with Crippen molar-refractivity contribution in [1.29, 1.82) is 0 Å². The van der Waals surface area contributed by atoms with Crippen LogP contribution in [0.3, 0.4) is 0 Å². The molecule has 1 aromatic rings. The van der Waals surface area contributed by atoms with Gasteiger partial charge in [0.25, 0.3) is 0 Å². The molecule has 1 rings (SSSR count). The van der Waals surface area contributed by atoms with Gasteiger partial charge in [-0.15, -0.1) is 0 Å². The molecule has 0 heterocycles. The van der Waals surface area contributed by atoms with Crippen molar-refractivity contribution >= 4 is 22.6 Å². The second kappa shape index (κ2) is 4.86. The summed E-state index contributed by atoms with van der Waals surface area (Å²) in [7, 11) is 0. The summed E-state index contributed by atoms with van der Waals surface area (Å²) in [4.78, 5) is 21.5. The van der Waals surface area contributed by atoms with Gasteiger partial charge in [0.2, 0.25) is 5.24 Å². The Labute approximate surface area is 85.7 Å². The topological polar surface area (TPSA) is 34.1 Å². The fraction of sp³-hybridized carbons (Fsp3) is 0.200. The predicted molar refractivity (Wildman–Crippen MR) is 50.6 cm³/mol. The average molecular weight is 215 g/mol. The molecular formula is C10H8ClFO2. The Morgan fingerprint density at radius 2 is 2.07 bits per heavy atom. The molecule has 0 fully saturated rings. The van der Waals surface area contributed by atoms with Gasteiger partial charge in [0.1, 0.15) is 11.6 Å². The first-order chi connectivity index (χ1) is 6.58. The first kappa shape index (κ1) is 10.9. The number of benzene rings is 1. The molecule has 0 radical (unpaired) electrons. The van der Waals surface area contributed by atoms with Crippen LogP contribution in [0.1, 0.15) is 12.0 Å². The molecule has 0 spiro atoms. The fourth-order valence-corrected chi connectivity index (χ4v) is 1.24. The minimum Gasteiger partial charge on any atom is -0.299 e. The van der Waals surface area contributed by atoms with Crippen LogP contribution < -0.4 is 0 Å². The van der Waals surface area contributed by atoms with Crippen LogP contribution in [0, 0.1) is 5.82 Å². The first-order valence-electron chi connectivity index (χ1n) is 4.02. The van der Waals surface area contributed by atoms with Crippen LogP contribution in [0.15, 0.2) is 24.3 Å². The summed E-state index contributed by atoms with van der Waals surface area (Å²) in [6.45, 7) is 0. The van der Waals surface area contributed by atoms with E-state index in [1.165, 1.54) is 18.2 Å². The summed E-state index contributed by atoms with van der Waals surface area (Å²) in [6.07, 6.45) is -0.270. The monoisotopic (exact) mass is 214 g/mol. The Morgan fingerprint density at radius 1 is 1.36 bits per heavy atom. The minimum absolute atomic E-state index is 0.0379. The summed E-state index contributed by atoms with van der Waals surface area (Å²) >= 11 is 5.04. The van der Waals surface area contributed by atoms with Crippen molar-refractivity contribution in [3.05, 3.63) is 35.6 Å². The van der Waals surface area contributed by atoms with Crippen molar-refractivity contribution in [3.63, 3.8) is 0 Å². The van der Waals surface area contributed by atoms with Gasteiger partial charge in [0.05, 0.1) is 6.42 Å². The van der Waals surface area contributed by atoms with E-state index in [-0.39, 0.29) is 18.6 Å². The van der Waals surface area contributed by atoms with E-state index in [1.807, 2.05) is 0 Å². The molecule has 0 saturated heterocycles. The van der Waals surface area contributed by atoms with E-state index in [1.54, 1.807) is 6.07 Å². The third kappa shape index (κ3) is 3.66. The number of carbonyl (C=O) groups is 2. The van der Waals surface area contributed by atoms with Crippen LogP contribution in [0.5, 0.6) is 0 Å². The van der Waals surface area contributed by atoms with Gasteiger partial charge in [-0.05, 0) is 29.3 Å². The molecule has 0 atom stereocenters. The van der Waals surface area contributed by atoms with Crippen LogP contribution in [-0.4, -0.2) is 11.0 Å². The maximum atomic E-state index is 12.7. The van der Waals surface area contributed by atoms with Gasteiger partial charge in [-0.3, -0.25) is 9.59 Å². The minimum atomic E-state index is -0.689. The predicted octanol–water partition coefficient (Wildman–Crippen LogP) is 2.09. The fourth-order valence-electron chi connectivity index (χ4n) is 1.09. The maximum Gasteiger partial charge on any atom is 0.229 e. The first-order valence-corrected chi connectivity index (χ1v) is 4.40. The molecule has 14 heavy (non-hydrogen) atoms. The summed E-state index contributed by atoms with van der Waals surface area (Å²) in [5.41, 5.74) is 0.549. The van der Waals surface area contributed by atoms with E-state index in [9.17, 15) is 14.0 Å². The van der Waals surface area contributed by atoms with E-state index >= 15 is 0 Å². The molecule has 0 aromatic heterocycles. The van der Waals surface area contributed by atoms with Crippen LogP contribution in [0.2, 0.25) is 0 Å². The summed E-state index contributed by atoms with van der Waals surface area (Å²) in [5, 5.41) is -0.689. The second-order valence-electron chi connectivity index (χ2n) is 2.88. The quantitative estimate of drug-likeness (QED) is 0.568. The molecule has 1 aromatic carbocycles. The summed E-state index contributed by atoms with van der Waals surface area (Å²) in [5.74, 6) is -0.705. The number of Topliss-reactive ketones (excluding diaryl/α,β-unsaturated/α-hetero) is 1. The van der Waals surface area contributed by atoms with Gasteiger partial charge in [-0.2, -0.15) is 0 Å². The zero-order valence-electron chi connectivity index (χ0n) is 7.30. The largest absolute Gasteiger partial charge is 0.299 e. The van der Waals surface area contributed by atoms with Crippen molar-refractivity contribution in [2.75, 3.05) is 0 Å². The van der Waals surface area contributed by atoms with E-state index in [0.29, 0.717) is 5.56 Å². The van der Waals surface area contributed by atoms with Gasteiger partial charge >= 0.3 is 0 Å². The van der Waals surface area contributed by atoms with Crippen LogP contribution >= 0.6 is 11.6 Å². The lowest BCUT2D eigenvalue weighted by atomic mass is 10.1. The van der Waals surface area contributed by atoms with Crippen molar-refractivity contribution in [3.8, 4) is 0 Å². The van der Waals surface area contributed by atoms with Crippen molar-refractivity contribution in [2.24, 2.45) is 0 Å². The molecule has 2 nitrogen and oxygen atoms in total. The molecule has 0 aliphatic carbocycles. The van der Waals surface area contributed by atoms with E-state index in [0.717, 1.165) is 0 Å². The SMILES string of the molecule is O=C(Cl)CC(=O)Cc1cccc(F)c1. The molecule has 0 saturated carbocycles. The van der Waals surface area contributed by atoms with Crippen molar-refractivity contribution < 1.29 is 14.0 Å². The third-order valence-corrected chi connectivity index (χ3v) is 1.76. The lowest BCUT2D eigenvalue weighted by molar-refractivity contribution is -0.123. The summed E-state index contributed by atoms with van der Waals surface area (Å²) < 4.78 is 12.7. The van der Waals surface area contributed by atoms with E-state index in [4.69, 9.17) is 11.6 Å². The zero-order valence-corrected chi connectivity index (χ0v) is 8.05. The molecule has 0 aliphatic heterocycles. The number of hydrogen-bond acceptors (Lipinski definition) is 2. The zero-order chi connectivity index (χ0) is 10.6. The maximum absolute atomic E-state index is 12.7. The molecule has 0 aliphatic rings. The van der Waals surface area contributed by atoms with Crippen molar-refractivity contribution in [1.82, 2.24) is 0 Å². The third-order valence-electron chi connectivity index (χ3n) is 1.63. The van der Waals surface area contributed by atoms with Gasteiger partial charge in [0.15, 0.2) is 0 Å². The van der Waals surface area contributed by atoms with Crippen LogP contribution in [0.4, 0.5) is 4.39 Å². The lowest BCUT2D eigenvalue weighted by Crippen LogP contribution is -2.06. The number of ketones is 1. The number of halogens is 2. The van der Waals surface area contributed by atoms with Gasteiger partial charge < -0.3 is 0 Å². The number of hydrogen-bond donors (Lipinski definition) is 0. The molecule has 0 amide bonds. The van der Waals surface area contributed by atoms with E-state index in [2.05, 4.69) is 0 Å². The van der Waals surface area contributed by atoms with Gasteiger partial charge in [-0.25, -0.2) is 4.39 Å². The van der Waals surface area contributed by atoms with Gasteiger partial charge in [0, 0.05) is 6.42 Å². The van der Waals surface area contributed by atoms with Crippen LogP contribution in [-0.2, 0) is 16.0 Å². The van der Waals surface area contributed by atoms with Crippen molar-refractivity contribution in [2.45, 2.75) is 12.8 Å². The molecule has 0 N–H and O–H groups in total. The smallest absolute Gasteiger partial charge is 0.229 e. The standard InChI is InChI=1S/C10H8ClFO2/c11-10(14)6-9(13)5-7-2-1-3-8(12)4-7/h1-4H,5-6H2. The average Bonchev–Trinajstić information content (AvgIpc) is 2.01. The molecule has 0 bridgehead atoms. The van der Waals surface area contributed by atoms with Gasteiger partial charge in [-0.1, -0.05) is 12.1 Å². The molecular weight excluding hydrogens is 207 g/mol. The molecule has 74 valence electrons.